The number of aromatic nitrogens is 1. The van der Waals surface area contributed by atoms with E-state index in [-0.39, 0.29) is 11.4 Å². The highest BCUT2D eigenvalue weighted by atomic mass is 32.2. The van der Waals surface area contributed by atoms with Crippen molar-refractivity contribution in [1.82, 2.24) is 9.58 Å². The van der Waals surface area contributed by atoms with Gasteiger partial charge in [0.15, 0.2) is 5.84 Å². The molecule has 0 unspecified atom stereocenters. The minimum absolute atomic E-state index is 0.0672. The Balaban J connectivity index is 1.47. The van der Waals surface area contributed by atoms with Crippen molar-refractivity contribution in [3.8, 4) is 5.75 Å². The maximum absolute atomic E-state index is 12.9. The van der Waals surface area contributed by atoms with Gasteiger partial charge >= 0.3 is 0 Å². The van der Waals surface area contributed by atoms with Crippen LogP contribution in [0.2, 0.25) is 0 Å². The van der Waals surface area contributed by atoms with Crippen molar-refractivity contribution >= 4 is 50.7 Å². The molecule has 2 aliphatic heterocycles. The molecule has 0 atom stereocenters. The topological polar surface area (TPSA) is 83.0 Å². The van der Waals surface area contributed by atoms with Gasteiger partial charge in [-0.15, -0.1) is 0 Å². The van der Waals surface area contributed by atoms with E-state index in [1.807, 2.05) is 56.3 Å². The Morgan fingerprint density at radius 1 is 1.14 bits per heavy atom. The number of benzene rings is 2. The lowest BCUT2D eigenvalue weighted by Crippen LogP contribution is -2.35. The van der Waals surface area contributed by atoms with Crippen molar-refractivity contribution in [2.45, 2.75) is 40.2 Å². The summed E-state index contributed by atoms with van der Waals surface area (Å²) in [5.74, 6) is 0.515. The summed E-state index contributed by atoms with van der Waals surface area (Å²) in [5, 5.41) is 17.1. The zero-order chi connectivity index (χ0) is 24.5. The number of ether oxygens (including phenoxy) is 1. The number of nitrogens with one attached hydrogen (secondary N) is 1. The molecule has 35 heavy (non-hydrogen) atoms. The van der Waals surface area contributed by atoms with Crippen LogP contribution in [0.3, 0.4) is 0 Å². The molecule has 0 bridgehead atoms. The summed E-state index contributed by atoms with van der Waals surface area (Å²) in [6.07, 6.45) is 3.54. The van der Waals surface area contributed by atoms with Crippen molar-refractivity contribution in [2.24, 2.45) is 10.1 Å². The average molecular weight is 486 g/mol. The van der Waals surface area contributed by atoms with E-state index >= 15 is 0 Å². The second-order valence-electron chi connectivity index (χ2n) is 8.60. The Labute approximate surface area is 208 Å². The van der Waals surface area contributed by atoms with Crippen molar-refractivity contribution in [3.63, 3.8) is 0 Å². The first kappa shape index (κ1) is 23.1. The van der Waals surface area contributed by atoms with Crippen LogP contribution in [0.4, 0.5) is 0 Å². The number of thioether (sulfide) groups is 1. The molecule has 178 valence electrons. The number of carbonyl (C=O) groups excluding carboxylic acids is 1. The molecule has 1 amide bonds. The number of amides is 1. The molecular weight excluding hydrogens is 458 g/mol. The molecule has 0 radical (unpaired) electrons. The Morgan fingerprint density at radius 2 is 1.97 bits per heavy atom. The van der Waals surface area contributed by atoms with Crippen molar-refractivity contribution in [3.05, 3.63) is 70.9 Å². The second kappa shape index (κ2) is 9.54. The standard InChI is InChI=1S/C27H27N5O2S/c1-4-8-24-30-32-25(28)22(26(33)29-27(32)35-24)16-21-18(3)31(23-12-6-5-11-20(21)23)13-14-34-19-10-7-9-17(2)15-19/h5-7,9-12,15-16,28H,4,8,13-14H2,1-3H3/b22-16+,28-25?. The lowest BCUT2D eigenvalue weighted by molar-refractivity contribution is -0.114. The summed E-state index contributed by atoms with van der Waals surface area (Å²) in [4.78, 5) is 17.1. The van der Waals surface area contributed by atoms with Crippen LogP contribution in [0.25, 0.3) is 17.0 Å². The third-order valence-electron chi connectivity index (χ3n) is 6.10. The highest BCUT2D eigenvalue weighted by Crippen LogP contribution is 2.32. The molecule has 3 aromatic rings. The number of para-hydroxylation sites is 1. The maximum Gasteiger partial charge on any atom is 0.283 e. The predicted molar refractivity (Wildman–Crippen MR) is 143 cm³/mol. The summed E-state index contributed by atoms with van der Waals surface area (Å²) < 4.78 is 8.20. The molecule has 8 heteroatoms. The maximum atomic E-state index is 12.9. The van der Waals surface area contributed by atoms with E-state index in [2.05, 4.69) is 27.7 Å². The fourth-order valence-corrected chi connectivity index (χ4v) is 5.37. The Bertz CT molecular complexity index is 1430. The fourth-order valence-electron chi connectivity index (χ4n) is 4.38. The summed E-state index contributed by atoms with van der Waals surface area (Å²) >= 11 is 1.37. The number of aryl methyl sites for hydroxylation is 1. The number of fused-ring (bicyclic) bond motifs is 2. The molecule has 3 heterocycles. The molecule has 0 aliphatic carbocycles. The third kappa shape index (κ3) is 4.41. The van der Waals surface area contributed by atoms with Crippen molar-refractivity contribution < 1.29 is 9.53 Å². The van der Waals surface area contributed by atoms with E-state index in [0.29, 0.717) is 18.3 Å². The summed E-state index contributed by atoms with van der Waals surface area (Å²) in [7, 11) is 0. The molecule has 5 rings (SSSR count). The van der Waals surface area contributed by atoms with E-state index < -0.39 is 5.91 Å². The number of hydrogen-bond donors (Lipinski definition) is 1. The predicted octanol–water partition coefficient (Wildman–Crippen LogP) is 5.76. The number of hydrogen-bond acceptors (Lipinski definition) is 5. The lowest BCUT2D eigenvalue weighted by Gasteiger charge is -2.20. The van der Waals surface area contributed by atoms with Gasteiger partial charge in [-0.1, -0.05) is 37.3 Å². The molecule has 7 nitrogen and oxygen atoms in total. The first-order valence-electron chi connectivity index (χ1n) is 11.7. The second-order valence-corrected chi connectivity index (χ2v) is 9.64. The first-order valence-corrected chi connectivity index (χ1v) is 12.5. The lowest BCUT2D eigenvalue weighted by atomic mass is 10.1. The molecule has 0 fully saturated rings. The van der Waals surface area contributed by atoms with E-state index in [9.17, 15) is 4.79 Å². The zero-order valence-corrected chi connectivity index (χ0v) is 20.9. The Kier molecular flexibility index (Phi) is 6.30. The smallest absolute Gasteiger partial charge is 0.283 e. The number of rotatable bonds is 7. The molecule has 0 saturated heterocycles. The molecule has 0 saturated carbocycles. The van der Waals surface area contributed by atoms with E-state index in [4.69, 9.17) is 10.1 Å². The van der Waals surface area contributed by atoms with Gasteiger partial charge in [-0.05, 0) is 68.3 Å². The average Bonchev–Trinajstić information content (AvgIpc) is 3.35. The molecule has 2 aromatic carbocycles. The molecular formula is C27H27N5O2S. The monoisotopic (exact) mass is 485 g/mol. The zero-order valence-electron chi connectivity index (χ0n) is 20.0. The summed E-state index contributed by atoms with van der Waals surface area (Å²) in [6.45, 7) is 7.33. The van der Waals surface area contributed by atoms with Crippen LogP contribution >= 0.6 is 11.8 Å². The number of amidine groups is 2. The van der Waals surface area contributed by atoms with Gasteiger partial charge in [0.25, 0.3) is 5.91 Å². The Morgan fingerprint density at radius 3 is 2.77 bits per heavy atom. The van der Waals surface area contributed by atoms with Gasteiger partial charge in [0.2, 0.25) is 5.17 Å². The number of aliphatic imine (C=N–C) groups is 1. The third-order valence-corrected chi connectivity index (χ3v) is 7.07. The van der Waals surface area contributed by atoms with Crippen molar-refractivity contribution in [1.29, 1.82) is 5.41 Å². The molecule has 1 N–H and O–H groups in total. The van der Waals surface area contributed by atoms with Crippen LogP contribution in [-0.4, -0.2) is 38.1 Å². The van der Waals surface area contributed by atoms with Crippen LogP contribution in [0, 0.1) is 19.3 Å². The van der Waals surface area contributed by atoms with Crippen LogP contribution in [0.1, 0.15) is 36.6 Å². The number of carbonyl (C=O) groups is 1. The minimum atomic E-state index is -0.402. The largest absolute Gasteiger partial charge is 0.492 e. The van der Waals surface area contributed by atoms with Gasteiger partial charge in [-0.2, -0.15) is 15.1 Å². The normalized spacial score (nSPS) is 16.7. The highest BCUT2D eigenvalue weighted by Gasteiger charge is 2.35. The molecule has 2 aliphatic rings. The first-order chi connectivity index (χ1) is 17.0. The van der Waals surface area contributed by atoms with Gasteiger partial charge in [-0.25, -0.2) is 0 Å². The van der Waals surface area contributed by atoms with E-state index in [1.165, 1.54) is 16.8 Å². The van der Waals surface area contributed by atoms with Crippen LogP contribution in [-0.2, 0) is 11.3 Å². The number of hydrazone groups is 1. The SMILES string of the molecule is CCCC1=NN2C(=N)/C(=C\c3c(C)n(CCOc4cccc(C)c4)c4ccccc34)C(=O)N=C2S1. The minimum Gasteiger partial charge on any atom is -0.492 e. The van der Waals surface area contributed by atoms with Gasteiger partial charge in [0.05, 0.1) is 12.1 Å². The van der Waals surface area contributed by atoms with Gasteiger partial charge in [0, 0.05) is 22.2 Å². The van der Waals surface area contributed by atoms with Gasteiger partial charge in [-0.3, -0.25) is 10.2 Å². The van der Waals surface area contributed by atoms with Crippen LogP contribution in [0.15, 0.2) is 64.2 Å². The van der Waals surface area contributed by atoms with Crippen LogP contribution < -0.4 is 4.74 Å². The number of nitrogens with zero attached hydrogens (tertiary/aromatic N) is 4. The Hall–Kier alpha value is -3.65. The summed E-state index contributed by atoms with van der Waals surface area (Å²) in [6, 6.07) is 16.1. The highest BCUT2D eigenvalue weighted by molar-refractivity contribution is 8.26. The van der Waals surface area contributed by atoms with Crippen LogP contribution in [0.5, 0.6) is 5.75 Å². The molecule has 0 spiro atoms. The van der Waals surface area contributed by atoms with E-state index in [0.717, 1.165) is 51.4 Å². The van der Waals surface area contributed by atoms with E-state index in [1.54, 1.807) is 6.08 Å². The van der Waals surface area contributed by atoms with Gasteiger partial charge < -0.3 is 9.30 Å². The molecule has 1 aromatic heterocycles. The fraction of sp³-hybridized carbons (Fsp3) is 0.259. The summed E-state index contributed by atoms with van der Waals surface area (Å²) in [5.41, 5.74) is 4.38. The van der Waals surface area contributed by atoms with Crippen molar-refractivity contribution in [2.75, 3.05) is 6.61 Å². The quantitative estimate of drug-likeness (QED) is 0.432. The van der Waals surface area contributed by atoms with Gasteiger partial charge in [0.1, 0.15) is 17.4 Å².